The summed E-state index contributed by atoms with van der Waals surface area (Å²) in [5.74, 6) is -0.120. The number of esters is 1. The summed E-state index contributed by atoms with van der Waals surface area (Å²) in [6.07, 6.45) is -4.25. The second-order valence-corrected chi connectivity index (χ2v) is 27.8. The van der Waals surface area contributed by atoms with E-state index in [2.05, 4.69) is 62.6 Å². The van der Waals surface area contributed by atoms with E-state index in [1.54, 1.807) is 65.0 Å². The smallest absolute Gasteiger partial charge is 0.343 e. The van der Waals surface area contributed by atoms with E-state index in [9.17, 15) is 29.2 Å². The maximum absolute atomic E-state index is 15.4. The molecule has 86 heavy (non-hydrogen) atoms. The van der Waals surface area contributed by atoms with Crippen LogP contribution in [-0.4, -0.2) is 132 Å². The Morgan fingerprint density at radius 1 is 0.802 bits per heavy atom. The molecule has 10 atom stereocenters. The van der Waals surface area contributed by atoms with Gasteiger partial charge >= 0.3 is 19.4 Å². The summed E-state index contributed by atoms with van der Waals surface area (Å²) in [5.41, 5.74) is 17.3. The normalized spacial score (nSPS) is 25.6. The topological polar surface area (TPSA) is 381 Å². The van der Waals surface area contributed by atoms with Crippen molar-refractivity contribution in [3.8, 4) is 34.0 Å². The van der Waals surface area contributed by atoms with Crippen LogP contribution >= 0.6 is 37.1 Å². The molecule has 4 aliphatic heterocycles. The van der Waals surface area contributed by atoms with Crippen LogP contribution in [-0.2, 0) is 51.3 Å². The molecule has 29 nitrogen and oxygen atoms in total. The zero-order valence-electron chi connectivity index (χ0n) is 45.0. The van der Waals surface area contributed by atoms with E-state index in [0.717, 1.165) is 39.5 Å². The molecule has 33 heteroatoms. The number of fused-ring (bicyclic) bond motifs is 9. The zero-order chi connectivity index (χ0) is 59.6. The predicted octanol–water partition coefficient (Wildman–Crippen LogP) is 4.77. The van der Waals surface area contributed by atoms with Gasteiger partial charge < -0.3 is 54.6 Å². The molecule has 9 heterocycles. The van der Waals surface area contributed by atoms with Crippen molar-refractivity contribution in [1.29, 1.82) is 0 Å². The first-order chi connectivity index (χ1) is 41.5. The molecule has 0 radical (unpaired) electrons. The number of aromatic nitrogens is 11. The van der Waals surface area contributed by atoms with Crippen LogP contribution in [0.2, 0.25) is 0 Å². The number of hydrogen-bond acceptors (Lipinski definition) is 23. The molecule has 3 fully saturated rings. The summed E-state index contributed by atoms with van der Waals surface area (Å²) in [5, 5.41) is 38.7. The lowest BCUT2D eigenvalue weighted by Crippen LogP contribution is -2.47. The Morgan fingerprint density at radius 2 is 1.47 bits per heavy atom. The van der Waals surface area contributed by atoms with Crippen molar-refractivity contribution in [3.05, 3.63) is 143 Å². The largest absolute Gasteiger partial charge is 0.492 e. The van der Waals surface area contributed by atoms with E-state index in [1.165, 1.54) is 28.1 Å². The van der Waals surface area contributed by atoms with E-state index in [4.69, 9.17) is 39.5 Å². The van der Waals surface area contributed by atoms with E-state index < -0.39 is 87.1 Å². The van der Waals surface area contributed by atoms with Crippen LogP contribution in [0.3, 0.4) is 0 Å². The molecule has 0 unspecified atom stereocenters. The van der Waals surface area contributed by atoms with Crippen molar-refractivity contribution in [2.24, 2.45) is 0 Å². The fourth-order valence-corrected chi connectivity index (χ4v) is 16.2. The molecule has 9 N–H and O–H groups in total. The number of rotatable bonds is 11. The van der Waals surface area contributed by atoms with Crippen LogP contribution in [0.25, 0.3) is 44.8 Å². The summed E-state index contributed by atoms with van der Waals surface area (Å²) in [6, 6.07) is 26.0. The lowest BCUT2D eigenvalue weighted by Gasteiger charge is -2.31. The minimum Gasteiger partial charge on any atom is -0.492 e. The van der Waals surface area contributed by atoms with Crippen molar-refractivity contribution in [2.45, 2.75) is 74.7 Å². The second kappa shape index (κ2) is 23.1. The van der Waals surface area contributed by atoms with Crippen LogP contribution < -0.4 is 41.6 Å². The van der Waals surface area contributed by atoms with Gasteiger partial charge in [-0.3, -0.25) is 32.8 Å². The van der Waals surface area contributed by atoms with Gasteiger partial charge in [-0.2, -0.15) is 4.98 Å². The first kappa shape index (κ1) is 57.2. The van der Waals surface area contributed by atoms with Crippen molar-refractivity contribution in [1.82, 2.24) is 64.2 Å². The van der Waals surface area contributed by atoms with Gasteiger partial charge in [0.2, 0.25) is 11.9 Å². The highest BCUT2D eigenvalue weighted by Crippen LogP contribution is 2.60. The van der Waals surface area contributed by atoms with E-state index >= 15 is 4.57 Å². The minimum absolute atomic E-state index is 0.0251. The number of ether oxygens (including phenoxy) is 4. The Morgan fingerprint density at radius 3 is 2.21 bits per heavy atom. The van der Waals surface area contributed by atoms with Crippen molar-refractivity contribution in [2.75, 3.05) is 36.2 Å². The number of benzene rings is 4. The summed E-state index contributed by atoms with van der Waals surface area (Å²) >= 11 is 5.18. The quantitative estimate of drug-likeness (QED) is 0.0374. The van der Waals surface area contributed by atoms with Crippen LogP contribution in [0.5, 0.6) is 11.5 Å². The number of aliphatic hydroxyl groups is 2. The van der Waals surface area contributed by atoms with Gasteiger partial charge in [-0.25, -0.2) is 39.6 Å². The van der Waals surface area contributed by atoms with Crippen LogP contribution in [0, 0.1) is 0 Å². The molecular weight excluding hydrogens is 1190 g/mol. The molecule has 9 aromatic rings. The number of carbonyl (C=O) groups is 2. The number of nitrogens with zero attached hydrogens (tertiary/aromatic N) is 11. The first-order valence-electron chi connectivity index (χ1n) is 26.7. The number of nitrogens with one attached hydrogen (secondary N) is 3. The molecule has 4 aromatic carbocycles. The summed E-state index contributed by atoms with van der Waals surface area (Å²) in [6.45, 7) is -6.99. The van der Waals surface area contributed by atoms with Gasteiger partial charge in [-0.15, -0.1) is 5.10 Å². The highest BCUT2D eigenvalue weighted by atomic mass is 32.7. The van der Waals surface area contributed by atoms with E-state index in [1.807, 2.05) is 48.5 Å². The minimum atomic E-state index is -4.25. The zero-order valence-corrected chi connectivity index (χ0v) is 48.5. The first-order valence-corrected chi connectivity index (χ1v) is 32.6. The number of imidazole rings is 2. The lowest BCUT2D eigenvalue weighted by atomic mass is 9.95. The monoisotopic (exact) mass is 1250 g/mol. The van der Waals surface area contributed by atoms with Crippen molar-refractivity contribution >= 4 is 88.7 Å². The van der Waals surface area contributed by atoms with Gasteiger partial charge in [0.1, 0.15) is 60.1 Å². The molecule has 4 aliphatic rings. The highest BCUT2D eigenvalue weighted by molar-refractivity contribution is 8.55. The summed E-state index contributed by atoms with van der Waals surface area (Å²) in [4.78, 5) is 64.0. The van der Waals surface area contributed by atoms with Gasteiger partial charge in [-0.1, -0.05) is 72.1 Å². The maximum atomic E-state index is 15.4. The Balaban J connectivity index is 0.691. The number of nitrogen functional groups attached to an aromatic ring is 2. The molecule has 0 bridgehead atoms. The maximum Gasteiger partial charge on any atom is 0.343 e. The van der Waals surface area contributed by atoms with Gasteiger partial charge in [0.05, 0.1) is 68.0 Å². The number of thiol groups is 1. The molecule has 13 rings (SSSR count). The van der Waals surface area contributed by atoms with E-state index in [-0.39, 0.29) is 63.7 Å². The second-order valence-electron chi connectivity index (χ2n) is 20.4. The molecule has 444 valence electrons. The number of amides is 1. The van der Waals surface area contributed by atoms with Crippen LogP contribution in [0.1, 0.15) is 40.9 Å². The van der Waals surface area contributed by atoms with Gasteiger partial charge in [0.15, 0.2) is 35.1 Å². The van der Waals surface area contributed by atoms with Crippen LogP contribution in [0.15, 0.2) is 121 Å². The predicted molar refractivity (Wildman–Crippen MR) is 314 cm³/mol. The average molecular weight is 1250 g/mol. The number of aromatic amines is 1. The number of anilines is 3. The average Bonchev–Trinajstić information content (AvgIpc) is 3.17. The Bertz CT molecular complexity index is 4250. The molecular formula is C53H52N16O13P2S2. The van der Waals surface area contributed by atoms with Crippen LogP contribution in [0.4, 0.5) is 17.5 Å². The van der Waals surface area contributed by atoms with Gasteiger partial charge in [0, 0.05) is 23.8 Å². The van der Waals surface area contributed by atoms with Crippen molar-refractivity contribution < 1.29 is 56.9 Å². The molecule has 5 aromatic heterocycles. The highest BCUT2D eigenvalue weighted by Gasteiger charge is 2.52. The van der Waals surface area contributed by atoms with E-state index in [0.29, 0.717) is 30.1 Å². The third kappa shape index (κ3) is 11.0. The van der Waals surface area contributed by atoms with Crippen molar-refractivity contribution in [3.63, 3.8) is 0 Å². The van der Waals surface area contributed by atoms with Gasteiger partial charge in [0.25, 0.3) is 5.56 Å². The number of H-pyrrole nitrogens is 1. The molecule has 0 aliphatic carbocycles. The van der Waals surface area contributed by atoms with Gasteiger partial charge in [-0.05, 0) is 65.0 Å². The number of para-hydroxylation sites is 1. The number of aliphatic hydroxyl groups excluding tert-OH is 2. The fourth-order valence-electron chi connectivity index (χ4n) is 10.8. The SMILES string of the molecule is CC(=O)N1Cc2ccccc2-c2c(nnn2CCOc2ccc(C(=O)Oc3ccc(CS[P@@]4(=O)N[C@@H]5[C@@H](O)[C@H](n6cnc7c(N)ncnc76)O[C@@H]5CO[P@](=O)(S)N[C@H]5[C@@H](O)[C@H](n6cnc7c(=O)[nH]c(N)nc76)O[C@@H]5CO4)cc3)cc2)-c2ccccc21. The Kier molecular flexibility index (Phi) is 15.3. The molecule has 1 amide bonds. The number of nitrogens with two attached hydrogens (primary N) is 2. The Hall–Kier alpha value is -7.90. The standard InChI is InChI=1S/C53H52N16O13P2S2/c1-27(70)66-20-30-6-2-3-7-33(30)43-38(34-8-4-5-9-35(34)66)62-65-69(43)18-19-77-31-16-12-29(13-17-31)52(74)80-32-14-10-28(11-15-32)23-86-84(76)64-40-36(81-50(45(40)72)67-25-58-41-46(54)56-24-57-47(41)67)21-78-83(75,85)63-39-37(22-79-84)82-51(44(39)71)68-26-59-42-48(68)60-53(55)61-49(42)73/h2-17,24-26,36-37,39-40,44-45,50-51,71-72H,18-23H2,1H3,(H,64,76)(H2,54,56,57)(H2,63,75,85)(H3,55,60,61,73)/t36-,37-,39-,40+,44-,45-,50-,51-,83+,84-/m1/s1. The Labute approximate surface area is 495 Å². The number of carbonyl (C=O) groups excluding carboxylic acids is 2. The number of hydrogen-bond donors (Lipinski definition) is 8. The fraction of sp³-hybridized carbons (Fsp3) is 0.283. The molecule has 0 spiro atoms. The molecule has 0 saturated carbocycles. The summed E-state index contributed by atoms with van der Waals surface area (Å²) < 4.78 is 70.7. The molecule has 3 saturated heterocycles. The third-order valence-corrected chi connectivity index (χ3v) is 20.7. The third-order valence-electron chi connectivity index (χ3n) is 14.9. The lowest BCUT2D eigenvalue weighted by molar-refractivity contribution is -0.116. The summed E-state index contributed by atoms with van der Waals surface area (Å²) in [7, 11) is 0.